The molecule has 1 saturated heterocycles. The van der Waals surface area contributed by atoms with Crippen molar-refractivity contribution in [2.75, 3.05) is 33.2 Å². The van der Waals surface area contributed by atoms with Crippen molar-refractivity contribution in [2.45, 2.75) is 40.0 Å². The first-order valence-corrected chi connectivity index (χ1v) is 7.16. The molecule has 0 bridgehead atoms. The third-order valence-electron chi connectivity index (χ3n) is 4.47. The van der Waals surface area contributed by atoms with Gasteiger partial charge in [-0.25, -0.2) is 0 Å². The summed E-state index contributed by atoms with van der Waals surface area (Å²) < 4.78 is 0. The molecule has 0 radical (unpaired) electrons. The standard InChI is InChI=1S/C14H30N4O/c1-13(2,12(15)17-19)5-8-16-11-14(3)6-9-18(4)10-7-14/h16,19H,5-11H2,1-4H3,(H2,15,17). The molecule has 0 aromatic rings. The SMILES string of the molecule is CN1CCC(C)(CNCCC(C)(C)C(N)=NO)CC1. The van der Waals surface area contributed by atoms with E-state index in [4.69, 9.17) is 10.9 Å². The number of nitrogens with two attached hydrogens (primary N) is 1. The summed E-state index contributed by atoms with van der Waals surface area (Å²) in [7, 11) is 2.19. The Hall–Kier alpha value is -0.810. The third-order valence-corrected chi connectivity index (χ3v) is 4.47. The van der Waals surface area contributed by atoms with E-state index in [9.17, 15) is 0 Å². The van der Waals surface area contributed by atoms with Crippen LogP contribution in [0, 0.1) is 10.8 Å². The number of rotatable bonds is 6. The quantitative estimate of drug-likeness (QED) is 0.225. The molecular formula is C14H30N4O. The van der Waals surface area contributed by atoms with Crippen molar-refractivity contribution in [3.8, 4) is 0 Å². The molecule has 0 saturated carbocycles. The minimum absolute atomic E-state index is 0.255. The van der Waals surface area contributed by atoms with Crippen LogP contribution in [-0.2, 0) is 0 Å². The van der Waals surface area contributed by atoms with Crippen LogP contribution in [0.15, 0.2) is 5.16 Å². The summed E-state index contributed by atoms with van der Waals surface area (Å²) in [6, 6.07) is 0. The summed E-state index contributed by atoms with van der Waals surface area (Å²) in [5.74, 6) is 0.305. The maximum Gasteiger partial charge on any atom is 0.144 e. The second kappa shape index (κ2) is 6.57. The van der Waals surface area contributed by atoms with Crippen molar-refractivity contribution in [1.82, 2.24) is 10.2 Å². The smallest absolute Gasteiger partial charge is 0.144 e. The van der Waals surface area contributed by atoms with Crippen LogP contribution in [0.3, 0.4) is 0 Å². The fourth-order valence-corrected chi connectivity index (χ4v) is 2.39. The van der Waals surface area contributed by atoms with Gasteiger partial charge in [-0.15, -0.1) is 0 Å². The van der Waals surface area contributed by atoms with Gasteiger partial charge in [0.2, 0.25) is 0 Å². The third kappa shape index (κ3) is 4.99. The van der Waals surface area contributed by atoms with Crippen LogP contribution < -0.4 is 11.1 Å². The molecule has 1 fully saturated rings. The Labute approximate surface area is 117 Å². The molecule has 5 heteroatoms. The number of piperidine rings is 1. The predicted molar refractivity (Wildman–Crippen MR) is 79.5 cm³/mol. The molecule has 1 aliphatic heterocycles. The van der Waals surface area contributed by atoms with Crippen LogP contribution in [0.1, 0.15) is 40.0 Å². The lowest BCUT2D eigenvalue weighted by atomic mass is 9.80. The summed E-state index contributed by atoms with van der Waals surface area (Å²) in [4.78, 5) is 2.39. The average molecular weight is 270 g/mol. The monoisotopic (exact) mass is 270 g/mol. The maximum atomic E-state index is 8.73. The summed E-state index contributed by atoms with van der Waals surface area (Å²) in [5, 5.41) is 15.4. The first kappa shape index (κ1) is 16.2. The maximum absolute atomic E-state index is 8.73. The summed E-state index contributed by atoms with van der Waals surface area (Å²) in [5.41, 5.74) is 5.84. The van der Waals surface area contributed by atoms with Gasteiger partial charge in [0.25, 0.3) is 0 Å². The van der Waals surface area contributed by atoms with E-state index in [0.29, 0.717) is 11.3 Å². The van der Waals surface area contributed by atoms with Gasteiger partial charge in [0.15, 0.2) is 0 Å². The molecule has 0 aliphatic carbocycles. The molecule has 5 nitrogen and oxygen atoms in total. The highest BCUT2D eigenvalue weighted by atomic mass is 16.4. The topological polar surface area (TPSA) is 73.9 Å². The van der Waals surface area contributed by atoms with Crippen molar-refractivity contribution in [2.24, 2.45) is 21.7 Å². The molecule has 0 aromatic heterocycles. The zero-order chi connectivity index (χ0) is 14.5. The van der Waals surface area contributed by atoms with Gasteiger partial charge in [-0.1, -0.05) is 25.9 Å². The van der Waals surface area contributed by atoms with Crippen molar-refractivity contribution in [3.05, 3.63) is 0 Å². The first-order chi connectivity index (χ1) is 8.79. The van der Waals surface area contributed by atoms with Crippen LogP contribution in [0.5, 0.6) is 0 Å². The number of hydrogen-bond donors (Lipinski definition) is 3. The van der Waals surface area contributed by atoms with E-state index in [1.165, 1.54) is 25.9 Å². The molecule has 19 heavy (non-hydrogen) atoms. The van der Waals surface area contributed by atoms with Gasteiger partial charge in [0.05, 0.1) is 0 Å². The molecular weight excluding hydrogens is 240 g/mol. The molecule has 1 aliphatic rings. The van der Waals surface area contributed by atoms with Gasteiger partial charge in [-0.05, 0) is 51.4 Å². The summed E-state index contributed by atoms with van der Waals surface area (Å²) in [6.45, 7) is 10.7. The summed E-state index contributed by atoms with van der Waals surface area (Å²) >= 11 is 0. The van der Waals surface area contributed by atoms with Gasteiger partial charge in [-0.2, -0.15) is 0 Å². The highest BCUT2D eigenvalue weighted by Crippen LogP contribution is 2.29. The molecule has 0 atom stereocenters. The lowest BCUT2D eigenvalue weighted by molar-refractivity contribution is 0.136. The Balaban J connectivity index is 2.27. The van der Waals surface area contributed by atoms with E-state index < -0.39 is 0 Å². The van der Waals surface area contributed by atoms with Gasteiger partial charge >= 0.3 is 0 Å². The zero-order valence-corrected chi connectivity index (χ0v) is 12.9. The largest absolute Gasteiger partial charge is 0.409 e. The second-order valence-electron chi connectivity index (χ2n) is 6.91. The van der Waals surface area contributed by atoms with E-state index in [1.807, 2.05) is 13.8 Å². The Morgan fingerprint density at radius 3 is 2.53 bits per heavy atom. The van der Waals surface area contributed by atoms with Crippen LogP contribution >= 0.6 is 0 Å². The normalized spacial score (nSPS) is 21.6. The van der Waals surface area contributed by atoms with E-state index in [2.05, 4.69) is 29.3 Å². The molecule has 4 N–H and O–H groups in total. The molecule has 0 aromatic carbocycles. The van der Waals surface area contributed by atoms with Gasteiger partial charge in [-0.3, -0.25) is 0 Å². The van der Waals surface area contributed by atoms with Crippen LogP contribution in [-0.4, -0.2) is 49.2 Å². The van der Waals surface area contributed by atoms with E-state index in [-0.39, 0.29) is 5.41 Å². The molecule has 112 valence electrons. The van der Waals surface area contributed by atoms with Crippen molar-refractivity contribution in [3.63, 3.8) is 0 Å². The van der Waals surface area contributed by atoms with Gasteiger partial charge in [0, 0.05) is 12.0 Å². The Bertz CT molecular complexity index is 307. The van der Waals surface area contributed by atoms with Crippen molar-refractivity contribution in [1.29, 1.82) is 0 Å². The molecule has 1 heterocycles. The molecule has 1 rings (SSSR count). The van der Waals surface area contributed by atoms with Crippen molar-refractivity contribution < 1.29 is 5.21 Å². The van der Waals surface area contributed by atoms with E-state index in [0.717, 1.165) is 19.5 Å². The fraction of sp³-hybridized carbons (Fsp3) is 0.929. The average Bonchev–Trinajstić information content (AvgIpc) is 2.38. The molecule has 0 spiro atoms. The Morgan fingerprint density at radius 2 is 2.00 bits per heavy atom. The minimum atomic E-state index is -0.255. The number of oxime groups is 1. The van der Waals surface area contributed by atoms with Crippen LogP contribution in [0.25, 0.3) is 0 Å². The number of amidine groups is 1. The summed E-state index contributed by atoms with van der Waals surface area (Å²) in [6.07, 6.45) is 3.37. The van der Waals surface area contributed by atoms with E-state index >= 15 is 0 Å². The number of likely N-dealkylation sites (tertiary alicyclic amines) is 1. The highest BCUT2D eigenvalue weighted by molar-refractivity contribution is 5.85. The first-order valence-electron chi connectivity index (χ1n) is 7.16. The molecule has 0 amide bonds. The number of hydrogen-bond acceptors (Lipinski definition) is 4. The fourth-order valence-electron chi connectivity index (χ4n) is 2.39. The Kier molecular flexibility index (Phi) is 5.62. The Morgan fingerprint density at radius 1 is 1.42 bits per heavy atom. The second-order valence-corrected chi connectivity index (χ2v) is 6.91. The van der Waals surface area contributed by atoms with E-state index in [1.54, 1.807) is 0 Å². The minimum Gasteiger partial charge on any atom is -0.409 e. The van der Waals surface area contributed by atoms with Gasteiger partial charge < -0.3 is 21.2 Å². The van der Waals surface area contributed by atoms with Crippen LogP contribution in [0.4, 0.5) is 0 Å². The van der Waals surface area contributed by atoms with Crippen molar-refractivity contribution >= 4 is 5.84 Å². The zero-order valence-electron chi connectivity index (χ0n) is 12.9. The predicted octanol–water partition coefficient (Wildman–Crippen LogP) is 1.47. The lowest BCUT2D eigenvalue weighted by Crippen LogP contribution is -2.43. The number of nitrogens with zero attached hydrogens (tertiary/aromatic N) is 2. The number of nitrogens with one attached hydrogen (secondary N) is 1. The van der Waals surface area contributed by atoms with Crippen LogP contribution in [0.2, 0.25) is 0 Å². The van der Waals surface area contributed by atoms with Gasteiger partial charge in [0.1, 0.15) is 5.84 Å². The molecule has 0 unspecified atom stereocenters. The lowest BCUT2D eigenvalue weighted by Gasteiger charge is -2.38. The highest BCUT2D eigenvalue weighted by Gasteiger charge is 2.29.